The normalized spacial score (nSPS) is 37.7. The van der Waals surface area contributed by atoms with E-state index in [0.29, 0.717) is 23.4 Å². The van der Waals surface area contributed by atoms with Crippen LogP contribution in [-0.4, -0.2) is 36.7 Å². The summed E-state index contributed by atoms with van der Waals surface area (Å²) in [4.78, 5) is 7.13. The summed E-state index contributed by atoms with van der Waals surface area (Å²) in [7, 11) is 0. The minimum absolute atomic E-state index is 0.409. The van der Waals surface area contributed by atoms with Crippen LogP contribution in [0.15, 0.2) is 18.3 Å². The number of nitrogens with one attached hydrogen (secondary N) is 2. The molecule has 4 rings (SSSR count). The van der Waals surface area contributed by atoms with Crippen molar-refractivity contribution in [1.82, 2.24) is 10.3 Å². The molecule has 2 saturated heterocycles. The summed E-state index contributed by atoms with van der Waals surface area (Å²) >= 11 is 0. The molecule has 3 fully saturated rings. The average Bonchev–Trinajstić information content (AvgIpc) is 3.18. The predicted molar refractivity (Wildman–Crippen MR) is 100 cm³/mol. The molecule has 132 valence electrons. The van der Waals surface area contributed by atoms with Crippen molar-refractivity contribution in [3.8, 4) is 0 Å². The molecule has 2 aliphatic heterocycles. The SMILES string of the molecule is CC1C(Nc2cc(N3C[C@H]4CCN[C@H]4C3)ccn2)CC(C)(C)[C@H]1C. The van der Waals surface area contributed by atoms with Crippen LogP contribution in [0.5, 0.6) is 0 Å². The van der Waals surface area contributed by atoms with E-state index >= 15 is 0 Å². The van der Waals surface area contributed by atoms with Crippen molar-refractivity contribution < 1.29 is 0 Å². The monoisotopic (exact) mass is 328 g/mol. The van der Waals surface area contributed by atoms with Gasteiger partial charge in [0.2, 0.25) is 0 Å². The Morgan fingerprint density at radius 1 is 1.29 bits per heavy atom. The van der Waals surface area contributed by atoms with Crippen LogP contribution in [0.25, 0.3) is 0 Å². The molecule has 2 unspecified atom stereocenters. The quantitative estimate of drug-likeness (QED) is 0.892. The summed E-state index contributed by atoms with van der Waals surface area (Å²) in [5.41, 5.74) is 1.73. The number of fused-ring (bicyclic) bond motifs is 1. The van der Waals surface area contributed by atoms with E-state index in [1.54, 1.807) is 0 Å². The van der Waals surface area contributed by atoms with Crippen molar-refractivity contribution in [2.45, 2.75) is 52.6 Å². The summed E-state index contributed by atoms with van der Waals surface area (Å²) in [5.74, 6) is 3.29. The second-order valence-corrected chi connectivity index (χ2v) is 9.00. The molecule has 24 heavy (non-hydrogen) atoms. The van der Waals surface area contributed by atoms with Crippen molar-refractivity contribution in [1.29, 1.82) is 0 Å². The third-order valence-electron chi connectivity index (χ3n) is 7.21. The standard InChI is InChI=1S/C20H32N4/c1-13-14(2)20(3,4)10-17(13)23-19-9-16(6-8-22-19)24-11-15-5-7-21-18(15)12-24/h6,8-9,13-15,17-18,21H,5,7,10-12H2,1-4H3,(H,22,23)/t13?,14-,15+,17?,18-/m0/s1. The van der Waals surface area contributed by atoms with Crippen LogP contribution in [0.1, 0.15) is 40.5 Å². The van der Waals surface area contributed by atoms with Crippen LogP contribution in [0.2, 0.25) is 0 Å². The third kappa shape index (κ3) is 2.79. The molecule has 3 heterocycles. The molecule has 4 heteroatoms. The van der Waals surface area contributed by atoms with Gasteiger partial charge < -0.3 is 15.5 Å². The van der Waals surface area contributed by atoms with Crippen LogP contribution in [-0.2, 0) is 0 Å². The number of nitrogens with zero attached hydrogens (tertiary/aromatic N) is 2. The Bertz CT molecular complexity index is 587. The lowest BCUT2D eigenvalue weighted by atomic mass is 9.81. The summed E-state index contributed by atoms with van der Waals surface area (Å²) in [6.07, 6.45) is 4.51. The van der Waals surface area contributed by atoms with Crippen molar-refractivity contribution >= 4 is 11.5 Å². The van der Waals surface area contributed by atoms with E-state index in [-0.39, 0.29) is 0 Å². The van der Waals surface area contributed by atoms with E-state index in [4.69, 9.17) is 0 Å². The van der Waals surface area contributed by atoms with E-state index < -0.39 is 0 Å². The highest BCUT2D eigenvalue weighted by molar-refractivity contribution is 5.55. The van der Waals surface area contributed by atoms with E-state index in [2.05, 4.69) is 60.3 Å². The topological polar surface area (TPSA) is 40.2 Å². The molecule has 0 aromatic carbocycles. The van der Waals surface area contributed by atoms with Gasteiger partial charge in [0.15, 0.2) is 0 Å². The third-order valence-corrected chi connectivity index (χ3v) is 7.21. The molecule has 0 spiro atoms. The van der Waals surface area contributed by atoms with Gasteiger partial charge in [-0.05, 0) is 48.6 Å². The maximum Gasteiger partial charge on any atom is 0.128 e. The number of hydrogen-bond acceptors (Lipinski definition) is 4. The molecule has 0 amide bonds. The molecular weight excluding hydrogens is 296 g/mol. The molecule has 1 aliphatic carbocycles. The molecule has 3 aliphatic rings. The molecule has 4 nitrogen and oxygen atoms in total. The van der Waals surface area contributed by atoms with Crippen molar-refractivity contribution in [2.24, 2.45) is 23.2 Å². The lowest BCUT2D eigenvalue weighted by Gasteiger charge is -2.24. The number of aromatic nitrogens is 1. The smallest absolute Gasteiger partial charge is 0.128 e. The summed E-state index contributed by atoms with van der Waals surface area (Å²) in [6.45, 7) is 13.1. The molecule has 2 N–H and O–H groups in total. The molecule has 0 radical (unpaired) electrons. The van der Waals surface area contributed by atoms with Gasteiger partial charge in [0.1, 0.15) is 5.82 Å². The Balaban J connectivity index is 1.46. The Morgan fingerprint density at radius 3 is 2.83 bits per heavy atom. The van der Waals surface area contributed by atoms with Crippen LogP contribution in [0.3, 0.4) is 0 Å². The molecule has 1 aromatic heterocycles. The molecule has 1 saturated carbocycles. The zero-order chi connectivity index (χ0) is 16.9. The maximum absolute atomic E-state index is 4.60. The highest BCUT2D eigenvalue weighted by Gasteiger charge is 2.43. The maximum atomic E-state index is 4.60. The van der Waals surface area contributed by atoms with Gasteiger partial charge in [-0.1, -0.05) is 27.7 Å². The van der Waals surface area contributed by atoms with Gasteiger partial charge in [-0.25, -0.2) is 4.98 Å². The lowest BCUT2D eigenvalue weighted by molar-refractivity contribution is 0.248. The number of pyridine rings is 1. The zero-order valence-corrected chi connectivity index (χ0v) is 15.5. The van der Waals surface area contributed by atoms with Gasteiger partial charge in [-0.2, -0.15) is 0 Å². The first kappa shape index (κ1) is 16.2. The second-order valence-electron chi connectivity index (χ2n) is 9.00. The van der Waals surface area contributed by atoms with Crippen LogP contribution in [0.4, 0.5) is 11.5 Å². The Kier molecular flexibility index (Phi) is 3.98. The van der Waals surface area contributed by atoms with E-state index in [9.17, 15) is 0 Å². The molecular formula is C20H32N4. The van der Waals surface area contributed by atoms with Gasteiger partial charge in [0.05, 0.1) is 0 Å². The second kappa shape index (κ2) is 5.91. The first-order valence-electron chi connectivity index (χ1n) is 9.65. The van der Waals surface area contributed by atoms with E-state index in [1.165, 1.54) is 31.6 Å². The van der Waals surface area contributed by atoms with Gasteiger partial charge in [0.25, 0.3) is 0 Å². The largest absolute Gasteiger partial charge is 0.369 e. The van der Waals surface area contributed by atoms with Crippen molar-refractivity contribution in [3.63, 3.8) is 0 Å². The fraction of sp³-hybridized carbons (Fsp3) is 0.750. The minimum Gasteiger partial charge on any atom is -0.369 e. The van der Waals surface area contributed by atoms with Crippen LogP contribution in [0, 0.1) is 23.2 Å². The number of rotatable bonds is 3. The minimum atomic E-state index is 0.409. The Labute approximate surface area is 146 Å². The predicted octanol–water partition coefficient (Wildman–Crippen LogP) is 3.36. The Hall–Kier alpha value is -1.29. The molecule has 0 bridgehead atoms. The highest BCUT2D eigenvalue weighted by Crippen LogP contribution is 2.47. The zero-order valence-electron chi connectivity index (χ0n) is 15.5. The Morgan fingerprint density at radius 2 is 2.12 bits per heavy atom. The van der Waals surface area contributed by atoms with E-state index in [0.717, 1.165) is 24.2 Å². The summed E-state index contributed by atoms with van der Waals surface area (Å²) < 4.78 is 0. The van der Waals surface area contributed by atoms with Gasteiger partial charge >= 0.3 is 0 Å². The fourth-order valence-corrected chi connectivity index (χ4v) is 5.13. The highest BCUT2D eigenvalue weighted by atomic mass is 15.2. The van der Waals surface area contributed by atoms with Crippen molar-refractivity contribution in [3.05, 3.63) is 18.3 Å². The van der Waals surface area contributed by atoms with Crippen molar-refractivity contribution in [2.75, 3.05) is 29.9 Å². The van der Waals surface area contributed by atoms with Gasteiger partial charge in [-0.3, -0.25) is 0 Å². The summed E-state index contributed by atoms with van der Waals surface area (Å²) in [5, 5.41) is 7.38. The molecule has 1 aromatic rings. The average molecular weight is 329 g/mol. The van der Waals surface area contributed by atoms with Gasteiger partial charge in [0, 0.05) is 43.1 Å². The van der Waals surface area contributed by atoms with Crippen LogP contribution >= 0.6 is 0 Å². The van der Waals surface area contributed by atoms with Gasteiger partial charge in [-0.15, -0.1) is 0 Å². The fourth-order valence-electron chi connectivity index (χ4n) is 5.13. The van der Waals surface area contributed by atoms with E-state index in [1.807, 2.05) is 6.20 Å². The number of anilines is 2. The number of hydrogen-bond donors (Lipinski definition) is 2. The van der Waals surface area contributed by atoms with Crippen LogP contribution < -0.4 is 15.5 Å². The summed E-state index contributed by atoms with van der Waals surface area (Å²) in [6, 6.07) is 5.63. The first-order chi connectivity index (χ1) is 11.4. The molecule has 5 atom stereocenters. The first-order valence-corrected chi connectivity index (χ1v) is 9.65. The lowest BCUT2D eigenvalue weighted by Crippen LogP contribution is -2.30.